The van der Waals surface area contributed by atoms with Crippen molar-refractivity contribution in [2.75, 3.05) is 12.3 Å². The van der Waals surface area contributed by atoms with Gasteiger partial charge in [-0.2, -0.15) is 13.2 Å². The molecule has 0 aliphatic carbocycles. The minimum Gasteiger partial charge on any atom is -0.457 e. The molecule has 0 saturated carbocycles. The van der Waals surface area contributed by atoms with E-state index in [9.17, 15) is 13.2 Å². The predicted molar refractivity (Wildman–Crippen MR) is 73.2 cm³/mol. The van der Waals surface area contributed by atoms with E-state index < -0.39 is 11.7 Å². The molecule has 3 N–H and O–H groups in total. The Morgan fingerprint density at radius 2 is 1.67 bits per heavy atom. The van der Waals surface area contributed by atoms with Gasteiger partial charge in [0.05, 0.1) is 5.56 Å². The molecule has 0 bridgehead atoms. The molecule has 2 aromatic carbocycles. The fourth-order valence-corrected chi connectivity index (χ4v) is 1.83. The van der Waals surface area contributed by atoms with Gasteiger partial charge in [-0.1, -0.05) is 12.1 Å². The highest BCUT2D eigenvalue weighted by molar-refractivity contribution is 5.49. The summed E-state index contributed by atoms with van der Waals surface area (Å²) in [6.07, 6.45) is -3.96. The van der Waals surface area contributed by atoms with Gasteiger partial charge in [0.1, 0.15) is 11.5 Å². The van der Waals surface area contributed by atoms with Crippen LogP contribution in [0.4, 0.5) is 18.9 Å². The van der Waals surface area contributed by atoms with Gasteiger partial charge in [-0.25, -0.2) is 0 Å². The number of benzene rings is 2. The van der Waals surface area contributed by atoms with Gasteiger partial charge >= 0.3 is 6.18 Å². The summed E-state index contributed by atoms with van der Waals surface area (Å²) in [6.45, 7) is 0.0321. The van der Waals surface area contributed by atoms with Crippen molar-refractivity contribution >= 4 is 5.69 Å². The molecule has 6 heteroatoms. The highest BCUT2D eigenvalue weighted by atomic mass is 19.4. The first-order valence-corrected chi connectivity index (χ1v) is 6.24. The Morgan fingerprint density at radius 3 is 2.24 bits per heavy atom. The SMILES string of the molecule is Nc1cc(Oc2ccc(CCO)cc2)cc(C(F)(F)F)c1. The van der Waals surface area contributed by atoms with Gasteiger partial charge in [-0.3, -0.25) is 0 Å². The number of hydrogen-bond donors (Lipinski definition) is 2. The number of hydrogen-bond acceptors (Lipinski definition) is 3. The Balaban J connectivity index is 2.21. The molecule has 21 heavy (non-hydrogen) atoms. The quantitative estimate of drug-likeness (QED) is 0.848. The molecule has 0 aliphatic rings. The number of aliphatic hydroxyl groups is 1. The lowest BCUT2D eigenvalue weighted by Crippen LogP contribution is -2.06. The Labute approximate surface area is 119 Å². The second kappa shape index (κ2) is 6.05. The first-order valence-electron chi connectivity index (χ1n) is 6.24. The van der Waals surface area contributed by atoms with Crippen LogP contribution in [0.3, 0.4) is 0 Å². The standard InChI is InChI=1S/C15H14F3NO2/c16-15(17,18)11-7-12(19)9-14(8-11)21-13-3-1-10(2-4-13)5-6-20/h1-4,7-9,20H,5-6,19H2. The molecular formula is C15H14F3NO2. The van der Waals surface area contributed by atoms with E-state index in [0.717, 1.165) is 17.7 Å². The van der Waals surface area contributed by atoms with Crippen molar-refractivity contribution in [3.8, 4) is 11.5 Å². The minimum absolute atomic E-state index is 0.0169. The van der Waals surface area contributed by atoms with Gasteiger partial charge in [0, 0.05) is 18.4 Å². The molecular weight excluding hydrogens is 283 g/mol. The van der Waals surface area contributed by atoms with Crippen molar-refractivity contribution < 1.29 is 23.0 Å². The molecule has 0 atom stereocenters. The molecule has 0 spiro atoms. The van der Waals surface area contributed by atoms with Crippen molar-refractivity contribution in [1.29, 1.82) is 0 Å². The van der Waals surface area contributed by atoms with Crippen molar-refractivity contribution in [3.05, 3.63) is 53.6 Å². The summed E-state index contributed by atoms with van der Waals surface area (Å²) >= 11 is 0. The molecule has 0 heterocycles. The van der Waals surface area contributed by atoms with Crippen LogP contribution in [0.5, 0.6) is 11.5 Å². The summed E-state index contributed by atoms with van der Waals surface area (Å²) in [5.41, 5.74) is 5.51. The van der Waals surface area contributed by atoms with Crippen molar-refractivity contribution in [2.45, 2.75) is 12.6 Å². The monoisotopic (exact) mass is 297 g/mol. The van der Waals surface area contributed by atoms with Crippen molar-refractivity contribution in [2.24, 2.45) is 0 Å². The van der Waals surface area contributed by atoms with Gasteiger partial charge in [0.2, 0.25) is 0 Å². The highest BCUT2D eigenvalue weighted by Gasteiger charge is 2.31. The molecule has 3 nitrogen and oxygen atoms in total. The maximum atomic E-state index is 12.7. The van der Waals surface area contributed by atoms with Crippen LogP contribution in [0, 0.1) is 0 Å². The number of nitrogen functional groups attached to an aromatic ring is 1. The molecule has 0 unspecified atom stereocenters. The Kier molecular flexibility index (Phi) is 4.37. The average molecular weight is 297 g/mol. The second-order valence-corrected chi connectivity index (χ2v) is 4.51. The Hall–Kier alpha value is -2.21. The number of alkyl halides is 3. The third-order valence-electron chi connectivity index (χ3n) is 2.82. The molecule has 2 aromatic rings. The number of ether oxygens (including phenoxy) is 1. The largest absolute Gasteiger partial charge is 0.457 e. The summed E-state index contributed by atoms with van der Waals surface area (Å²) < 4.78 is 43.5. The van der Waals surface area contributed by atoms with Crippen LogP contribution in [0.25, 0.3) is 0 Å². The maximum Gasteiger partial charge on any atom is 0.416 e. The van der Waals surface area contributed by atoms with Crippen LogP contribution >= 0.6 is 0 Å². The summed E-state index contributed by atoms with van der Waals surface area (Å²) in [4.78, 5) is 0. The van der Waals surface area contributed by atoms with Crippen LogP contribution in [0.15, 0.2) is 42.5 Å². The van der Waals surface area contributed by atoms with E-state index in [1.807, 2.05) is 0 Å². The van der Waals surface area contributed by atoms with Gasteiger partial charge in [-0.05, 0) is 36.2 Å². The molecule has 0 aromatic heterocycles. The van der Waals surface area contributed by atoms with E-state index in [0.29, 0.717) is 12.2 Å². The zero-order valence-electron chi connectivity index (χ0n) is 11.0. The van der Waals surface area contributed by atoms with Crippen LogP contribution in [0.1, 0.15) is 11.1 Å². The lowest BCUT2D eigenvalue weighted by atomic mass is 10.1. The van der Waals surface area contributed by atoms with E-state index in [4.69, 9.17) is 15.6 Å². The van der Waals surface area contributed by atoms with Gasteiger partial charge in [-0.15, -0.1) is 0 Å². The van der Waals surface area contributed by atoms with E-state index in [1.54, 1.807) is 24.3 Å². The zero-order valence-corrected chi connectivity index (χ0v) is 11.0. The molecule has 0 radical (unpaired) electrons. The zero-order chi connectivity index (χ0) is 15.5. The molecule has 0 amide bonds. The van der Waals surface area contributed by atoms with E-state index >= 15 is 0 Å². The number of aliphatic hydroxyl groups excluding tert-OH is 1. The smallest absolute Gasteiger partial charge is 0.416 e. The molecule has 0 aliphatic heterocycles. The number of rotatable bonds is 4. The van der Waals surface area contributed by atoms with E-state index in [2.05, 4.69) is 0 Å². The predicted octanol–water partition coefficient (Wildman–Crippen LogP) is 3.61. The van der Waals surface area contributed by atoms with Crippen LogP contribution in [-0.4, -0.2) is 11.7 Å². The normalized spacial score (nSPS) is 11.4. The van der Waals surface area contributed by atoms with Crippen molar-refractivity contribution in [1.82, 2.24) is 0 Å². The van der Waals surface area contributed by atoms with Crippen LogP contribution in [0.2, 0.25) is 0 Å². The third-order valence-corrected chi connectivity index (χ3v) is 2.82. The molecule has 2 rings (SSSR count). The highest BCUT2D eigenvalue weighted by Crippen LogP contribution is 2.34. The number of nitrogens with two attached hydrogens (primary N) is 1. The summed E-state index contributed by atoms with van der Waals surface area (Å²) in [5.74, 6) is 0.424. The summed E-state index contributed by atoms with van der Waals surface area (Å²) in [7, 11) is 0. The first-order chi connectivity index (χ1) is 9.88. The first kappa shape index (κ1) is 15.2. The topological polar surface area (TPSA) is 55.5 Å². The average Bonchev–Trinajstić information content (AvgIpc) is 2.40. The molecule has 112 valence electrons. The van der Waals surface area contributed by atoms with Gasteiger partial charge in [0.25, 0.3) is 0 Å². The summed E-state index contributed by atoms with van der Waals surface area (Å²) in [6, 6.07) is 9.82. The maximum absolute atomic E-state index is 12.7. The fraction of sp³-hybridized carbons (Fsp3) is 0.200. The Bertz CT molecular complexity index is 609. The lowest BCUT2D eigenvalue weighted by Gasteiger charge is -2.11. The number of halogens is 3. The Morgan fingerprint density at radius 1 is 1.00 bits per heavy atom. The second-order valence-electron chi connectivity index (χ2n) is 4.51. The fourth-order valence-electron chi connectivity index (χ4n) is 1.83. The molecule has 0 saturated heterocycles. The lowest BCUT2D eigenvalue weighted by molar-refractivity contribution is -0.137. The minimum atomic E-state index is -4.47. The van der Waals surface area contributed by atoms with Crippen LogP contribution < -0.4 is 10.5 Å². The third kappa shape index (κ3) is 4.13. The molecule has 0 fully saturated rings. The van der Waals surface area contributed by atoms with E-state index in [1.165, 1.54) is 6.07 Å². The number of anilines is 1. The van der Waals surface area contributed by atoms with Gasteiger partial charge in [0.15, 0.2) is 0 Å². The van der Waals surface area contributed by atoms with Crippen molar-refractivity contribution in [3.63, 3.8) is 0 Å². The summed E-state index contributed by atoms with van der Waals surface area (Å²) in [5, 5.41) is 8.81. The van der Waals surface area contributed by atoms with E-state index in [-0.39, 0.29) is 18.0 Å². The van der Waals surface area contributed by atoms with Gasteiger partial charge < -0.3 is 15.6 Å². The van der Waals surface area contributed by atoms with Crippen LogP contribution in [-0.2, 0) is 12.6 Å².